The maximum Gasteiger partial charge on any atom is 0.354 e. The van der Waals surface area contributed by atoms with E-state index in [1.54, 1.807) is 0 Å². The summed E-state index contributed by atoms with van der Waals surface area (Å²) in [5, 5.41) is 9.92. The first-order valence-electron chi connectivity index (χ1n) is 6.90. The Labute approximate surface area is 136 Å². The number of esters is 2. The van der Waals surface area contributed by atoms with E-state index in [2.05, 4.69) is 0 Å². The van der Waals surface area contributed by atoms with Crippen LogP contribution in [0.4, 0.5) is 0 Å². The van der Waals surface area contributed by atoms with Crippen molar-refractivity contribution in [2.75, 3.05) is 7.11 Å². The maximum atomic E-state index is 12.5. The van der Waals surface area contributed by atoms with E-state index in [0.717, 1.165) is 7.11 Å². The van der Waals surface area contributed by atoms with Crippen molar-refractivity contribution < 1.29 is 33.7 Å². The number of ketones is 1. The summed E-state index contributed by atoms with van der Waals surface area (Å²) in [5.74, 6) is -2.27. The number of phenolic OH excluding ortho intramolecular Hbond substituents is 1. The molecule has 1 N–H and O–H groups in total. The van der Waals surface area contributed by atoms with Gasteiger partial charge in [-0.3, -0.25) is 9.59 Å². The highest BCUT2D eigenvalue weighted by Gasteiger charge is 2.58. The van der Waals surface area contributed by atoms with Crippen molar-refractivity contribution in [3.05, 3.63) is 22.7 Å². The molecule has 2 heterocycles. The van der Waals surface area contributed by atoms with Gasteiger partial charge in [0.2, 0.25) is 5.60 Å². The van der Waals surface area contributed by atoms with Gasteiger partial charge in [0.25, 0.3) is 0 Å². The van der Waals surface area contributed by atoms with Gasteiger partial charge in [0.15, 0.2) is 17.6 Å². The number of rotatable bonds is 2. The van der Waals surface area contributed by atoms with Gasteiger partial charge in [0, 0.05) is 6.42 Å². The number of aromatic hydroxyl groups is 1. The maximum absolute atomic E-state index is 12.5. The number of hydrogen-bond donors (Lipinski definition) is 1. The first kappa shape index (κ1) is 15.6. The normalized spacial score (nSPS) is 26.3. The molecule has 23 heavy (non-hydrogen) atoms. The summed E-state index contributed by atoms with van der Waals surface area (Å²) in [5.41, 5.74) is -1.90. The lowest BCUT2D eigenvalue weighted by Gasteiger charge is -2.38. The van der Waals surface area contributed by atoms with Gasteiger partial charge in [0.05, 0.1) is 18.6 Å². The van der Waals surface area contributed by atoms with Crippen molar-refractivity contribution in [3.63, 3.8) is 0 Å². The van der Waals surface area contributed by atoms with Crippen molar-refractivity contribution in [2.24, 2.45) is 0 Å². The Kier molecular flexibility index (Phi) is 3.68. The molecule has 0 spiro atoms. The molecule has 2 aliphatic heterocycles. The molecule has 0 unspecified atom stereocenters. The van der Waals surface area contributed by atoms with Gasteiger partial charge in [-0.2, -0.15) is 0 Å². The molecule has 0 radical (unpaired) electrons. The van der Waals surface area contributed by atoms with Crippen LogP contribution >= 0.6 is 11.6 Å². The molecular formula is C15H13ClO7. The van der Waals surface area contributed by atoms with E-state index in [1.807, 2.05) is 0 Å². The van der Waals surface area contributed by atoms with E-state index in [0.29, 0.717) is 0 Å². The molecular weight excluding hydrogens is 328 g/mol. The second-order valence-corrected chi connectivity index (χ2v) is 5.78. The molecule has 0 saturated carbocycles. The summed E-state index contributed by atoms with van der Waals surface area (Å²) in [6.07, 6.45) is -1.05. The molecule has 0 bridgehead atoms. The third-order valence-electron chi connectivity index (χ3n) is 4.01. The number of cyclic esters (lactones) is 1. The lowest BCUT2D eigenvalue weighted by Crippen LogP contribution is -2.58. The van der Waals surface area contributed by atoms with Crippen LogP contribution in [0.25, 0.3) is 0 Å². The zero-order valence-corrected chi connectivity index (χ0v) is 12.9. The molecule has 1 aromatic rings. The van der Waals surface area contributed by atoms with Gasteiger partial charge in [-0.25, -0.2) is 4.79 Å². The van der Waals surface area contributed by atoms with Crippen LogP contribution in [-0.4, -0.2) is 41.6 Å². The minimum Gasteiger partial charge on any atom is -0.507 e. The van der Waals surface area contributed by atoms with Gasteiger partial charge in [-0.15, -0.1) is 0 Å². The summed E-state index contributed by atoms with van der Waals surface area (Å²) in [6, 6.07) is 2.61. The summed E-state index contributed by atoms with van der Waals surface area (Å²) < 4.78 is 15.6. The highest BCUT2D eigenvalue weighted by Crippen LogP contribution is 2.46. The molecule has 2 aliphatic rings. The predicted octanol–water partition coefficient (Wildman–Crippen LogP) is 1.63. The van der Waals surface area contributed by atoms with E-state index in [4.69, 9.17) is 25.8 Å². The molecule has 122 valence electrons. The summed E-state index contributed by atoms with van der Waals surface area (Å²) in [6.45, 7) is 0. The molecule has 0 aliphatic carbocycles. The number of halogens is 1. The number of Topliss-reactive ketones (excluding diaryl/α,β-unsaturated/α-hetero) is 1. The van der Waals surface area contributed by atoms with E-state index < -0.39 is 35.8 Å². The summed E-state index contributed by atoms with van der Waals surface area (Å²) >= 11 is 6.04. The number of carbonyl (C=O) groups excluding carboxylic acids is 3. The minimum absolute atomic E-state index is 0.0588. The fraction of sp³-hybridized carbons (Fsp3) is 0.400. The van der Waals surface area contributed by atoms with Crippen molar-refractivity contribution in [3.8, 4) is 11.5 Å². The number of phenols is 1. The van der Waals surface area contributed by atoms with Gasteiger partial charge in [-0.05, 0) is 18.6 Å². The van der Waals surface area contributed by atoms with E-state index in [9.17, 15) is 19.5 Å². The highest BCUT2D eigenvalue weighted by atomic mass is 35.5. The molecule has 1 fully saturated rings. The average Bonchev–Trinajstić information content (AvgIpc) is 2.96. The Balaban J connectivity index is 2.12. The first-order valence-corrected chi connectivity index (χ1v) is 7.28. The van der Waals surface area contributed by atoms with Crippen LogP contribution in [0, 0.1) is 0 Å². The third kappa shape index (κ3) is 2.31. The van der Waals surface area contributed by atoms with Crippen molar-refractivity contribution in [2.45, 2.75) is 31.0 Å². The molecule has 0 aromatic heterocycles. The largest absolute Gasteiger partial charge is 0.507 e. The Morgan fingerprint density at radius 3 is 2.78 bits per heavy atom. The van der Waals surface area contributed by atoms with E-state index >= 15 is 0 Å². The molecule has 8 heteroatoms. The summed E-state index contributed by atoms with van der Waals surface area (Å²) in [4.78, 5) is 36.2. The number of fused-ring (bicyclic) bond motifs is 1. The minimum atomic E-state index is -1.80. The Morgan fingerprint density at radius 1 is 1.43 bits per heavy atom. The molecule has 7 nitrogen and oxygen atoms in total. The van der Waals surface area contributed by atoms with E-state index in [1.165, 1.54) is 12.1 Å². The van der Waals surface area contributed by atoms with Gasteiger partial charge in [-0.1, -0.05) is 11.6 Å². The first-order chi connectivity index (χ1) is 10.9. The topological polar surface area (TPSA) is 99.1 Å². The second-order valence-electron chi connectivity index (χ2n) is 5.37. The zero-order valence-electron chi connectivity index (χ0n) is 12.1. The van der Waals surface area contributed by atoms with Gasteiger partial charge in [0.1, 0.15) is 11.3 Å². The van der Waals surface area contributed by atoms with Gasteiger partial charge < -0.3 is 19.3 Å². The molecule has 1 aromatic carbocycles. The second kappa shape index (κ2) is 5.42. The van der Waals surface area contributed by atoms with Crippen molar-refractivity contribution >= 4 is 29.3 Å². The Morgan fingerprint density at radius 2 is 2.17 bits per heavy atom. The van der Waals surface area contributed by atoms with Crippen LogP contribution in [0.5, 0.6) is 11.5 Å². The quantitative estimate of drug-likeness (QED) is 0.817. The van der Waals surface area contributed by atoms with Crippen LogP contribution in [0.1, 0.15) is 29.6 Å². The van der Waals surface area contributed by atoms with Crippen molar-refractivity contribution in [1.29, 1.82) is 0 Å². The standard InChI is InChI=1S/C15H13ClO7/c1-21-14(20)15(10-4-5-11(19)22-10)6-9(18)12-8(17)3-2-7(16)13(12)23-15/h2-3,10,17H,4-6H2,1H3/t10-,15-/m1/s1. The summed E-state index contributed by atoms with van der Waals surface area (Å²) in [7, 11) is 1.15. The Hall–Kier alpha value is -2.28. The lowest BCUT2D eigenvalue weighted by molar-refractivity contribution is -0.175. The smallest absolute Gasteiger partial charge is 0.354 e. The molecule has 3 rings (SSSR count). The number of carbonyl (C=O) groups is 3. The zero-order chi connectivity index (χ0) is 16.8. The average molecular weight is 341 g/mol. The number of methoxy groups -OCH3 is 1. The van der Waals surface area contributed by atoms with Crippen LogP contribution in [0.15, 0.2) is 12.1 Å². The fourth-order valence-corrected chi connectivity index (χ4v) is 3.11. The van der Waals surface area contributed by atoms with Crippen LogP contribution in [-0.2, 0) is 19.1 Å². The van der Waals surface area contributed by atoms with Crippen LogP contribution in [0.3, 0.4) is 0 Å². The van der Waals surface area contributed by atoms with Gasteiger partial charge >= 0.3 is 11.9 Å². The number of benzene rings is 1. The Bertz CT molecular complexity index is 714. The monoisotopic (exact) mass is 340 g/mol. The fourth-order valence-electron chi connectivity index (χ4n) is 2.91. The molecule has 2 atom stereocenters. The number of hydrogen-bond acceptors (Lipinski definition) is 7. The van der Waals surface area contributed by atoms with Crippen LogP contribution < -0.4 is 4.74 Å². The predicted molar refractivity (Wildman–Crippen MR) is 76.6 cm³/mol. The number of ether oxygens (including phenoxy) is 3. The lowest BCUT2D eigenvalue weighted by atomic mass is 9.84. The molecule has 1 saturated heterocycles. The SMILES string of the molecule is COC(=O)[C@]1([C@H]2CCC(=O)O2)CC(=O)c2c(O)ccc(Cl)c2O1. The third-order valence-corrected chi connectivity index (χ3v) is 4.31. The highest BCUT2D eigenvalue weighted by molar-refractivity contribution is 6.33. The van der Waals surface area contributed by atoms with Crippen molar-refractivity contribution in [1.82, 2.24) is 0 Å². The van der Waals surface area contributed by atoms with E-state index in [-0.39, 0.29) is 34.9 Å². The molecule has 0 amide bonds. The van der Waals surface area contributed by atoms with Crippen LogP contribution in [0.2, 0.25) is 5.02 Å².